The fraction of sp³-hybridized carbons (Fsp3) is 0.435. The van der Waals surface area contributed by atoms with Crippen molar-refractivity contribution in [1.29, 1.82) is 0 Å². The van der Waals surface area contributed by atoms with E-state index in [2.05, 4.69) is 5.32 Å². The molecule has 1 aliphatic rings. The Morgan fingerprint density at radius 1 is 1.10 bits per heavy atom. The number of hydrogen-bond acceptors (Lipinski definition) is 3. The van der Waals surface area contributed by atoms with Crippen LogP contribution in [0.2, 0.25) is 10.0 Å². The van der Waals surface area contributed by atoms with Crippen LogP contribution in [0.3, 0.4) is 0 Å². The molecule has 3 rings (SSSR count). The smallest absolute Gasteiger partial charge is 0.235 e. The van der Waals surface area contributed by atoms with Gasteiger partial charge in [-0.2, -0.15) is 0 Å². The summed E-state index contributed by atoms with van der Waals surface area (Å²) in [4.78, 5) is 13.4. The van der Waals surface area contributed by atoms with Crippen LogP contribution in [-0.4, -0.2) is 25.7 Å². The van der Waals surface area contributed by atoms with E-state index in [0.717, 1.165) is 37.7 Å². The number of anilines is 1. The molecule has 29 heavy (non-hydrogen) atoms. The summed E-state index contributed by atoms with van der Waals surface area (Å²) in [6.45, 7) is 2.38. The standard InChI is InChI=1S/C23H27Cl2NO3/c1-16(15-28-2)29-21-11-10-19(14-20(21)25)26-22(27)23(12-4-3-5-13-23)17-6-8-18(24)9-7-17/h6-11,14,16H,3-5,12-13,15H2,1-2H3,(H,26,27)/t16-/m1/s1. The summed E-state index contributed by atoms with van der Waals surface area (Å²) < 4.78 is 10.9. The van der Waals surface area contributed by atoms with Crippen LogP contribution in [0.5, 0.6) is 5.75 Å². The minimum atomic E-state index is -0.544. The third-order valence-electron chi connectivity index (χ3n) is 5.46. The zero-order valence-electron chi connectivity index (χ0n) is 16.8. The summed E-state index contributed by atoms with van der Waals surface area (Å²) in [5.74, 6) is 0.566. The van der Waals surface area contributed by atoms with Crippen molar-refractivity contribution >= 4 is 34.8 Å². The minimum Gasteiger partial charge on any atom is -0.487 e. The van der Waals surface area contributed by atoms with Crippen LogP contribution in [0.15, 0.2) is 42.5 Å². The molecule has 4 nitrogen and oxygen atoms in total. The number of benzene rings is 2. The predicted octanol–water partition coefficient (Wildman–Crippen LogP) is 6.25. The van der Waals surface area contributed by atoms with E-state index in [9.17, 15) is 4.79 Å². The Morgan fingerprint density at radius 2 is 1.79 bits per heavy atom. The quantitative estimate of drug-likeness (QED) is 0.558. The lowest BCUT2D eigenvalue weighted by molar-refractivity contribution is -0.122. The van der Waals surface area contributed by atoms with E-state index < -0.39 is 5.41 Å². The molecule has 156 valence electrons. The number of methoxy groups -OCH3 is 1. The van der Waals surface area contributed by atoms with Gasteiger partial charge in [-0.25, -0.2) is 0 Å². The molecule has 0 spiro atoms. The number of hydrogen-bond donors (Lipinski definition) is 1. The molecule has 6 heteroatoms. The molecule has 1 N–H and O–H groups in total. The number of carbonyl (C=O) groups excluding carboxylic acids is 1. The average Bonchev–Trinajstić information content (AvgIpc) is 2.71. The average molecular weight is 436 g/mol. The fourth-order valence-corrected chi connectivity index (χ4v) is 4.33. The maximum atomic E-state index is 13.4. The van der Waals surface area contributed by atoms with Gasteiger partial charge in [-0.05, 0) is 55.7 Å². The highest BCUT2D eigenvalue weighted by molar-refractivity contribution is 6.32. The third kappa shape index (κ3) is 5.25. The monoisotopic (exact) mass is 435 g/mol. The molecular formula is C23H27Cl2NO3. The van der Waals surface area contributed by atoms with Crippen molar-refractivity contribution in [1.82, 2.24) is 0 Å². The fourth-order valence-electron chi connectivity index (χ4n) is 3.98. The van der Waals surface area contributed by atoms with Crippen LogP contribution >= 0.6 is 23.2 Å². The first-order valence-electron chi connectivity index (χ1n) is 9.97. The molecule has 1 aliphatic carbocycles. The summed E-state index contributed by atoms with van der Waals surface area (Å²) >= 11 is 12.4. The van der Waals surface area contributed by atoms with Gasteiger partial charge in [0.15, 0.2) is 0 Å². The van der Waals surface area contributed by atoms with Gasteiger partial charge in [0.25, 0.3) is 0 Å². The molecule has 0 saturated heterocycles. The van der Waals surface area contributed by atoms with Gasteiger partial charge in [-0.1, -0.05) is 54.6 Å². The summed E-state index contributed by atoms with van der Waals surface area (Å²) in [7, 11) is 1.63. The molecule has 0 radical (unpaired) electrons. The maximum Gasteiger partial charge on any atom is 0.235 e. The number of halogens is 2. The predicted molar refractivity (Wildman–Crippen MR) is 118 cm³/mol. The summed E-state index contributed by atoms with van der Waals surface area (Å²) in [5, 5.41) is 4.20. The van der Waals surface area contributed by atoms with Gasteiger partial charge in [0.1, 0.15) is 11.9 Å². The van der Waals surface area contributed by atoms with Gasteiger partial charge in [-0.15, -0.1) is 0 Å². The van der Waals surface area contributed by atoms with Crippen LogP contribution in [0, 0.1) is 0 Å². The third-order valence-corrected chi connectivity index (χ3v) is 6.01. The summed E-state index contributed by atoms with van der Waals surface area (Å²) in [5.41, 5.74) is 1.13. The first-order valence-corrected chi connectivity index (χ1v) is 10.7. The highest BCUT2D eigenvalue weighted by atomic mass is 35.5. The molecule has 0 aliphatic heterocycles. The van der Waals surface area contributed by atoms with Crippen molar-refractivity contribution in [2.75, 3.05) is 19.0 Å². The molecule has 0 aromatic heterocycles. The van der Waals surface area contributed by atoms with Crippen LogP contribution < -0.4 is 10.1 Å². The summed E-state index contributed by atoms with van der Waals surface area (Å²) in [6, 6.07) is 13.0. The Balaban J connectivity index is 1.79. The van der Waals surface area contributed by atoms with Gasteiger partial charge in [0, 0.05) is 17.8 Å². The number of ether oxygens (including phenoxy) is 2. The Bertz CT molecular complexity index is 833. The van der Waals surface area contributed by atoms with Crippen molar-refractivity contribution in [3.63, 3.8) is 0 Å². The van der Waals surface area contributed by atoms with E-state index in [0.29, 0.717) is 28.1 Å². The molecule has 0 bridgehead atoms. The highest BCUT2D eigenvalue weighted by Crippen LogP contribution is 2.41. The Hall–Kier alpha value is -1.75. The zero-order valence-corrected chi connectivity index (χ0v) is 18.4. The van der Waals surface area contributed by atoms with Gasteiger partial charge >= 0.3 is 0 Å². The Kier molecular flexibility index (Phi) is 7.44. The van der Waals surface area contributed by atoms with Gasteiger partial charge in [0.2, 0.25) is 5.91 Å². The zero-order chi connectivity index (χ0) is 20.9. The second-order valence-electron chi connectivity index (χ2n) is 7.63. The van der Waals surface area contributed by atoms with Crippen molar-refractivity contribution < 1.29 is 14.3 Å². The molecule has 1 amide bonds. The molecule has 0 unspecified atom stereocenters. The lowest BCUT2D eigenvalue weighted by atomic mass is 9.68. The van der Waals surface area contributed by atoms with Gasteiger partial charge < -0.3 is 14.8 Å². The van der Waals surface area contributed by atoms with E-state index >= 15 is 0 Å². The molecule has 1 fully saturated rings. The maximum absolute atomic E-state index is 13.4. The number of nitrogens with one attached hydrogen (secondary N) is 1. The Morgan fingerprint density at radius 3 is 2.41 bits per heavy atom. The molecule has 2 aromatic carbocycles. The van der Waals surface area contributed by atoms with E-state index in [1.54, 1.807) is 19.2 Å². The SMILES string of the molecule is COC[C@@H](C)Oc1ccc(NC(=O)C2(c3ccc(Cl)cc3)CCCCC2)cc1Cl. The lowest BCUT2D eigenvalue weighted by Crippen LogP contribution is -2.42. The van der Waals surface area contributed by atoms with Crippen LogP contribution in [-0.2, 0) is 14.9 Å². The normalized spacial score (nSPS) is 16.8. The molecule has 1 saturated carbocycles. The first-order chi connectivity index (χ1) is 13.9. The largest absolute Gasteiger partial charge is 0.487 e. The van der Waals surface area contributed by atoms with Gasteiger partial charge in [0.05, 0.1) is 17.0 Å². The van der Waals surface area contributed by atoms with Crippen molar-refractivity contribution in [2.45, 2.75) is 50.5 Å². The van der Waals surface area contributed by atoms with Crippen LogP contribution in [0.4, 0.5) is 5.69 Å². The minimum absolute atomic E-state index is 0.00277. The number of rotatable bonds is 7. The van der Waals surface area contributed by atoms with Crippen molar-refractivity contribution in [3.8, 4) is 5.75 Å². The van der Waals surface area contributed by atoms with E-state index in [-0.39, 0.29) is 12.0 Å². The molecule has 2 aromatic rings. The number of amides is 1. The molecular weight excluding hydrogens is 409 g/mol. The van der Waals surface area contributed by atoms with Gasteiger partial charge in [-0.3, -0.25) is 4.79 Å². The van der Waals surface area contributed by atoms with Crippen LogP contribution in [0.1, 0.15) is 44.6 Å². The Labute approximate surface area is 182 Å². The van der Waals surface area contributed by atoms with E-state index in [1.165, 1.54) is 0 Å². The summed E-state index contributed by atoms with van der Waals surface area (Å²) in [6.07, 6.45) is 4.74. The highest BCUT2D eigenvalue weighted by Gasteiger charge is 2.41. The second kappa shape index (κ2) is 9.84. The second-order valence-corrected chi connectivity index (χ2v) is 8.48. The lowest BCUT2D eigenvalue weighted by Gasteiger charge is -2.36. The van der Waals surface area contributed by atoms with Crippen molar-refractivity contribution in [3.05, 3.63) is 58.1 Å². The van der Waals surface area contributed by atoms with E-state index in [4.69, 9.17) is 32.7 Å². The van der Waals surface area contributed by atoms with Crippen molar-refractivity contribution in [2.24, 2.45) is 0 Å². The topological polar surface area (TPSA) is 47.6 Å². The number of carbonyl (C=O) groups is 1. The van der Waals surface area contributed by atoms with E-state index in [1.807, 2.05) is 37.3 Å². The first kappa shape index (κ1) is 21.9. The van der Waals surface area contributed by atoms with Crippen LogP contribution in [0.25, 0.3) is 0 Å². The molecule has 1 atom stereocenters. The molecule has 0 heterocycles.